The molecule has 0 bridgehead atoms. The van der Waals surface area contributed by atoms with Gasteiger partial charge in [-0.3, -0.25) is 4.79 Å². The van der Waals surface area contributed by atoms with Gasteiger partial charge in [0.1, 0.15) is 5.75 Å². The van der Waals surface area contributed by atoms with Gasteiger partial charge in [0.15, 0.2) is 0 Å². The second-order valence-corrected chi connectivity index (χ2v) is 3.43. The number of nitrogens with one attached hydrogen (secondary N) is 1. The Bertz CT molecular complexity index is 377. The second kappa shape index (κ2) is 5.41. The SMILES string of the molecule is C=CCCNC(=O)c1cc(Cl)ccc1O. The van der Waals surface area contributed by atoms with Gasteiger partial charge in [-0.15, -0.1) is 6.58 Å². The summed E-state index contributed by atoms with van der Waals surface area (Å²) in [6.07, 6.45) is 2.39. The quantitative estimate of drug-likeness (QED) is 0.611. The molecule has 0 aliphatic heterocycles. The molecule has 0 saturated carbocycles. The lowest BCUT2D eigenvalue weighted by Gasteiger charge is -2.05. The molecule has 0 heterocycles. The molecule has 0 atom stereocenters. The number of amides is 1. The van der Waals surface area contributed by atoms with Gasteiger partial charge in [0.2, 0.25) is 0 Å². The Morgan fingerprint density at radius 1 is 1.60 bits per heavy atom. The van der Waals surface area contributed by atoms with Crippen molar-refractivity contribution in [1.29, 1.82) is 0 Å². The smallest absolute Gasteiger partial charge is 0.255 e. The molecule has 0 aliphatic rings. The number of carbonyl (C=O) groups excluding carboxylic acids is 1. The Kier molecular flexibility index (Phi) is 4.18. The summed E-state index contributed by atoms with van der Waals surface area (Å²) >= 11 is 5.71. The maximum Gasteiger partial charge on any atom is 0.255 e. The second-order valence-electron chi connectivity index (χ2n) is 2.99. The van der Waals surface area contributed by atoms with E-state index in [1.54, 1.807) is 6.08 Å². The van der Waals surface area contributed by atoms with E-state index in [0.29, 0.717) is 18.0 Å². The maximum atomic E-state index is 11.5. The predicted octanol–water partition coefficient (Wildman–Crippen LogP) is 2.35. The van der Waals surface area contributed by atoms with E-state index in [1.807, 2.05) is 0 Å². The van der Waals surface area contributed by atoms with Crippen LogP contribution in [-0.2, 0) is 0 Å². The van der Waals surface area contributed by atoms with E-state index in [2.05, 4.69) is 11.9 Å². The number of carbonyl (C=O) groups is 1. The molecule has 80 valence electrons. The Hall–Kier alpha value is -1.48. The van der Waals surface area contributed by atoms with E-state index in [0.717, 1.165) is 0 Å². The van der Waals surface area contributed by atoms with Gasteiger partial charge in [-0.1, -0.05) is 17.7 Å². The van der Waals surface area contributed by atoms with Gasteiger partial charge in [-0.05, 0) is 24.6 Å². The van der Waals surface area contributed by atoms with Crippen molar-refractivity contribution in [3.63, 3.8) is 0 Å². The minimum absolute atomic E-state index is 0.0736. The van der Waals surface area contributed by atoms with Gasteiger partial charge in [0.25, 0.3) is 5.91 Å². The summed E-state index contributed by atoms with van der Waals surface area (Å²) in [6, 6.07) is 4.35. The first-order valence-electron chi connectivity index (χ1n) is 4.52. The zero-order chi connectivity index (χ0) is 11.3. The van der Waals surface area contributed by atoms with E-state index in [-0.39, 0.29) is 17.2 Å². The summed E-state index contributed by atoms with van der Waals surface area (Å²) < 4.78 is 0. The zero-order valence-corrected chi connectivity index (χ0v) is 8.92. The van der Waals surface area contributed by atoms with Crippen molar-refractivity contribution in [3.8, 4) is 5.75 Å². The summed E-state index contributed by atoms with van der Waals surface area (Å²) in [4.78, 5) is 11.5. The van der Waals surface area contributed by atoms with Crippen molar-refractivity contribution in [2.24, 2.45) is 0 Å². The molecule has 1 amide bonds. The minimum Gasteiger partial charge on any atom is -0.507 e. The van der Waals surface area contributed by atoms with Gasteiger partial charge in [-0.25, -0.2) is 0 Å². The fourth-order valence-electron chi connectivity index (χ4n) is 1.07. The molecule has 0 aromatic heterocycles. The van der Waals surface area contributed by atoms with Crippen LogP contribution in [0.4, 0.5) is 0 Å². The molecule has 4 heteroatoms. The lowest BCUT2D eigenvalue weighted by molar-refractivity contribution is 0.0951. The predicted molar refractivity (Wildman–Crippen MR) is 60.3 cm³/mol. The number of benzene rings is 1. The third kappa shape index (κ3) is 3.29. The number of phenols is 1. The van der Waals surface area contributed by atoms with Crippen LogP contribution in [0.1, 0.15) is 16.8 Å². The molecule has 0 spiro atoms. The van der Waals surface area contributed by atoms with Crippen molar-refractivity contribution in [2.45, 2.75) is 6.42 Å². The Morgan fingerprint density at radius 3 is 3.00 bits per heavy atom. The van der Waals surface area contributed by atoms with E-state index >= 15 is 0 Å². The maximum absolute atomic E-state index is 11.5. The van der Waals surface area contributed by atoms with Crippen molar-refractivity contribution >= 4 is 17.5 Å². The third-order valence-electron chi connectivity index (χ3n) is 1.84. The van der Waals surface area contributed by atoms with E-state index < -0.39 is 0 Å². The summed E-state index contributed by atoms with van der Waals surface area (Å²) in [6.45, 7) is 4.03. The summed E-state index contributed by atoms with van der Waals surface area (Å²) in [7, 11) is 0. The number of hydrogen-bond donors (Lipinski definition) is 2. The lowest BCUT2D eigenvalue weighted by Crippen LogP contribution is -2.24. The van der Waals surface area contributed by atoms with Crippen LogP contribution in [0, 0.1) is 0 Å². The van der Waals surface area contributed by atoms with E-state index in [4.69, 9.17) is 11.6 Å². The molecule has 0 aliphatic carbocycles. The molecule has 2 N–H and O–H groups in total. The van der Waals surface area contributed by atoms with Crippen LogP contribution in [0.2, 0.25) is 5.02 Å². The molecule has 0 unspecified atom stereocenters. The molecule has 3 nitrogen and oxygen atoms in total. The van der Waals surface area contributed by atoms with Crippen molar-refractivity contribution in [3.05, 3.63) is 41.4 Å². The number of rotatable bonds is 4. The van der Waals surface area contributed by atoms with Crippen LogP contribution in [0.5, 0.6) is 5.75 Å². The van der Waals surface area contributed by atoms with Crippen LogP contribution in [0.15, 0.2) is 30.9 Å². The van der Waals surface area contributed by atoms with E-state index in [1.165, 1.54) is 18.2 Å². The van der Waals surface area contributed by atoms with Crippen molar-refractivity contribution in [2.75, 3.05) is 6.54 Å². The molecule has 0 fully saturated rings. The monoisotopic (exact) mass is 225 g/mol. The third-order valence-corrected chi connectivity index (χ3v) is 2.07. The lowest BCUT2D eigenvalue weighted by atomic mass is 10.2. The van der Waals surface area contributed by atoms with Crippen LogP contribution >= 0.6 is 11.6 Å². The Balaban J connectivity index is 2.72. The molecule has 1 aromatic carbocycles. The topological polar surface area (TPSA) is 49.3 Å². The highest BCUT2D eigenvalue weighted by Gasteiger charge is 2.10. The number of hydrogen-bond acceptors (Lipinski definition) is 2. The highest BCUT2D eigenvalue weighted by molar-refractivity contribution is 6.31. The number of phenolic OH excluding ortho intramolecular Hbond substituents is 1. The van der Waals surface area contributed by atoms with Crippen LogP contribution < -0.4 is 5.32 Å². The summed E-state index contributed by atoms with van der Waals surface area (Å²) in [5, 5.41) is 12.5. The summed E-state index contributed by atoms with van der Waals surface area (Å²) in [5.41, 5.74) is 0.187. The van der Waals surface area contributed by atoms with Crippen molar-refractivity contribution < 1.29 is 9.90 Å². The molecule has 0 radical (unpaired) electrons. The molecule has 1 rings (SSSR count). The Morgan fingerprint density at radius 2 is 2.33 bits per heavy atom. The highest BCUT2D eigenvalue weighted by atomic mass is 35.5. The van der Waals surface area contributed by atoms with Gasteiger partial charge in [0, 0.05) is 11.6 Å². The average molecular weight is 226 g/mol. The first-order valence-corrected chi connectivity index (χ1v) is 4.90. The minimum atomic E-state index is -0.336. The summed E-state index contributed by atoms with van der Waals surface area (Å²) in [5.74, 6) is -0.410. The average Bonchev–Trinajstić information content (AvgIpc) is 2.22. The van der Waals surface area contributed by atoms with Crippen LogP contribution in [0.25, 0.3) is 0 Å². The van der Waals surface area contributed by atoms with Gasteiger partial charge >= 0.3 is 0 Å². The van der Waals surface area contributed by atoms with Gasteiger partial charge in [-0.2, -0.15) is 0 Å². The van der Waals surface area contributed by atoms with Crippen LogP contribution in [0.3, 0.4) is 0 Å². The largest absolute Gasteiger partial charge is 0.507 e. The normalized spacial score (nSPS) is 9.67. The van der Waals surface area contributed by atoms with Gasteiger partial charge in [0.05, 0.1) is 5.56 Å². The molecule has 1 aromatic rings. The van der Waals surface area contributed by atoms with E-state index in [9.17, 15) is 9.90 Å². The Labute approximate surface area is 93.4 Å². The first-order chi connectivity index (χ1) is 7.15. The molecule has 0 saturated heterocycles. The van der Waals surface area contributed by atoms with Crippen molar-refractivity contribution in [1.82, 2.24) is 5.32 Å². The van der Waals surface area contributed by atoms with Gasteiger partial charge < -0.3 is 10.4 Å². The first kappa shape index (κ1) is 11.6. The standard InChI is InChI=1S/C11H12ClNO2/c1-2-3-6-13-11(15)9-7-8(12)4-5-10(9)14/h2,4-5,7,14H,1,3,6H2,(H,13,15). The molecular weight excluding hydrogens is 214 g/mol. The zero-order valence-electron chi connectivity index (χ0n) is 8.16. The number of halogens is 1. The van der Waals surface area contributed by atoms with Crippen LogP contribution in [-0.4, -0.2) is 17.6 Å². The number of aromatic hydroxyl groups is 1. The fourth-order valence-corrected chi connectivity index (χ4v) is 1.25. The molecule has 15 heavy (non-hydrogen) atoms. The molecular formula is C11H12ClNO2. The fraction of sp³-hybridized carbons (Fsp3) is 0.182. The highest BCUT2D eigenvalue weighted by Crippen LogP contribution is 2.21.